The van der Waals surface area contributed by atoms with Crippen molar-refractivity contribution in [2.75, 3.05) is 20.2 Å². The Morgan fingerprint density at radius 2 is 2.07 bits per heavy atom. The number of nitrogens with zero attached hydrogens (tertiary/aromatic N) is 3. The van der Waals surface area contributed by atoms with Gasteiger partial charge in [-0.3, -0.25) is 14.6 Å². The third-order valence-electron chi connectivity index (χ3n) is 5.16. The van der Waals surface area contributed by atoms with E-state index < -0.39 is 0 Å². The highest BCUT2D eigenvalue weighted by Gasteiger charge is 2.29. The number of nitrogens with one attached hydrogen (secondary N) is 1. The first-order valence-corrected chi connectivity index (χ1v) is 9.56. The first kappa shape index (κ1) is 18.9. The zero-order chi connectivity index (χ0) is 20.2. The Morgan fingerprint density at radius 3 is 2.86 bits per heavy atom. The van der Waals surface area contributed by atoms with Crippen molar-refractivity contribution in [2.24, 2.45) is 0 Å². The fraction of sp³-hybridized carbons (Fsp3) is 0.273. The van der Waals surface area contributed by atoms with Crippen LogP contribution < -0.4 is 10.3 Å². The maximum Gasteiger partial charge on any atom is 0.251 e. The Kier molecular flexibility index (Phi) is 5.37. The van der Waals surface area contributed by atoms with Gasteiger partial charge >= 0.3 is 0 Å². The van der Waals surface area contributed by atoms with Gasteiger partial charge in [0.15, 0.2) is 5.82 Å². The molecule has 29 heavy (non-hydrogen) atoms. The third kappa shape index (κ3) is 4.18. The number of rotatable bonds is 5. The SMILES string of the molecule is COc1ccccc1CC(=O)N1CC[C@@H](c2cc(=O)[nH]c(-c3ccccn3)n2)C1. The lowest BCUT2D eigenvalue weighted by Gasteiger charge is -2.17. The minimum absolute atomic E-state index is 0.0291. The molecule has 1 N–H and O–H groups in total. The molecule has 1 fully saturated rings. The molecule has 0 aliphatic carbocycles. The largest absolute Gasteiger partial charge is 0.496 e. The van der Waals surface area contributed by atoms with Gasteiger partial charge < -0.3 is 14.6 Å². The molecule has 0 unspecified atom stereocenters. The van der Waals surface area contributed by atoms with E-state index in [-0.39, 0.29) is 17.4 Å². The fourth-order valence-electron chi connectivity index (χ4n) is 3.66. The van der Waals surface area contributed by atoms with Gasteiger partial charge in [-0.2, -0.15) is 0 Å². The van der Waals surface area contributed by atoms with Gasteiger partial charge in [0.25, 0.3) is 5.56 Å². The molecule has 1 aromatic carbocycles. The van der Waals surface area contributed by atoms with E-state index >= 15 is 0 Å². The average molecular weight is 390 g/mol. The Labute approximate surface area is 168 Å². The number of H-pyrrole nitrogens is 1. The molecule has 1 aliphatic rings. The van der Waals surface area contributed by atoms with Crippen LogP contribution in [0.2, 0.25) is 0 Å². The number of ether oxygens (including phenoxy) is 1. The van der Waals surface area contributed by atoms with E-state index in [1.54, 1.807) is 19.4 Å². The van der Waals surface area contributed by atoms with Gasteiger partial charge in [0.05, 0.1) is 19.2 Å². The second kappa shape index (κ2) is 8.26. The van der Waals surface area contributed by atoms with E-state index in [2.05, 4.69) is 15.0 Å². The van der Waals surface area contributed by atoms with Gasteiger partial charge in [-0.15, -0.1) is 0 Å². The second-order valence-corrected chi connectivity index (χ2v) is 7.05. The maximum absolute atomic E-state index is 12.8. The molecule has 148 valence electrons. The van der Waals surface area contributed by atoms with E-state index in [0.717, 1.165) is 12.0 Å². The molecule has 2 aromatic heterocycles. The molecular weight excluding hydrogens is 368 g/mol. The molecule has 1 saturated heterocycles. The van der Waals surface area contributed by atoms with E-state index in [1.807, 2.05) is 41.3 Å². The van der Waals surface area contributed by atoms with Crippen LogP contribution in [0.5, 0.6) is 5.75 Å². The number of aromatic nitrogens is 3. The predicted octanol–water partition coefficient (Wildman–Crippen LogP) is 2.40. The van der Waals surface area contributed by atoms with Gasteiger partial charge in [-0.05, 0) is 24.6 Å². The minimum atomic E-state index is -0.213. The number of carbonyl (C=O) groups excluding carboxylic acids is 1. The molecule has 0 radical (unpaired) electrons. The highest BCUT2D eigenvalue weighted by molar-refractivity contribution is 5.80. The van der Waals surface area contributed by atoms with Crippen molar-refractivity contribution in [1.82, 2.24) is 19.9 Å². The van der Waals surface area contributed by atoms with Crippen LogP contribution in [0.25, 0.3) is 11.5 Å². The van der Waals surface area contributed by atoms with Crippen molar-refractivity contribution in [3.05, 3.63) is 76.3 Å². The number of para-hydroxylation sites is 1. The number of hydrogen-bond donors (Lipinski definition) is 1. The van der Waals surface area contributed by atoms with E-state index in [0.29, 0.717) is 42.5 Å². The third-order valence-corrected chi connectivity index (χ3v) is 5.16. The lowest BCUT2D eigenvalue weighted by molar-refractivity contribution is -0.129. The van der Waals surface area contributed by atoms with E-state index in [4.69, 9.17) is 4.74 Å². The average Bonchev–Trinajstić information content (AvgIpc) is 3.25. The van der Waals surface area contributed by atoms with Crippen LogP contribution in [0.15, 0.2) is 59.5 Å². The van der Waals surface area contributed by atoms with Crippen molar-refractivity contribution in [3.63, 3.8) is 0 Å². The van der Waals surface area contributed by atoms with Crippen LogP contribution in [0.1, 0.15) is 23.6 Å². The maximum atomic E-state index is 12.8. The van der Waals surface area contributed by atoms with Gasteiger partial charge in [0.2, 0.25) is 5.91 Å². The number of likely N-dealkylation sites (tertiary alicyclic amines) is 1. The standard InChI is InChI=1S/C22H22N4O3/c1-29-19-8-3-2-6-15(19)12-21(28)26-11-9-16(14-26)18-13-20(27)25-22(24-18)17-7-4-5-10-23-17/h2-8,10,13,16H,9,11-12,14H2,1H3,(H,24,25,27)/t16-/m1/s1. The molecule has 0 spiro atoms. The number of methoxy groups -OCH3 is 1. The summed E-state index contributed by atoms with van der Waals surface area (Å²) < 4.78 is 5.34. The van der Waals surface area contributed by atoms with E-state index in [9.17, 15) is 9.59 Å². The van der Waals surface area contributed by atoms with Crippen molar-refractivity contribution in [1.29, 1.82) is 0 Å². The summed E-state index contributed by atoms with van der Waals surface area (Å²) >= 11 is 0. The number of benzene rings is 1. The van der Waals surface area contributed by atoms with Crippen LogP contribution in [0, 0.1) is 0 Å². The molecule has 3 aromatic rings. The Balaban J connectivity index is 1.49. The summed E-state index contributed by atoms with van der Waals surface area (Å²) in [5.74, 6) is 1.24. The molecule has 1 aliphatic heterocycles. The Morgan fingerprint density at radius 1 is 1.24 bits per heavy atom. The summed E-state index contributed by atoms with van der Waals surface area (Å²) in [6, 6.07) is 14.5. The molecule has 1 atom stereocenters. The lowest BCUT2D eigenvalue weighted by Crippen LogP contribution is -2.30. The predicted molar refractivity (Wildman–Crippen MR) is 109 cm³/mol. The van der Waals surface area contributed by atoms with Gasteiger partial charge in [-0.25, -0.2) is 4.98 Å². The Hall–Kier alpha value is -3.48. The monoisotopic (exact) mass is 390 g/mol. The van der Waals surface area contributed by atoms with Crippen molar-refractivity contribution >= 4 is 5.91 Å². The van der Waals surface area contributed by atoms with Crippen LogP contribution in [-0.2, 0) is 11.2 Å². The molecule has 4 rings (SSSR count). The molecule has 0 bridgehead atoms. The minimum Gasteiger partial charge on any atom is -0.496 e. The lowest BCUT2D eigenvalue weighted by atomic mass is 10.0. The number of aromatic amines is 1. The molecule has 7 heteroatoms. The van der Waals surface area contributed by atoms with Crippen molar-refractivity contribution < 1.29 is 9.53 Å². The molecule has 3 heterocycles. The van der Waals surface area contributed by atoms with Crippen LogP contribution >= 0.6 is 0 Å². The summed E-state index contributed by atoms with van der Waals surface area (Å²) in [5.41, 5.74) is 1.97. The topological polar surface area (TPSA) is 88.2 Å². The quantitative estimate of drug-likeness (QED) is 0.723. The summed E-state index contributed by atoms with van der Waals surface area (Å²) in [6.07, 6.45) is 2.73. The van der Waals surface area contributed by atoms with Crippen LogP contribution in [0.3, 0.4) is 0 Å². The van der Waals surface area contributed by atoms with Crippen LogP contribution in [-0.4, -0.2) is 46.0 Å². The zero-order valence-electron chi connectivity index (χ0n) is 16.2. The van der Waals surface area contributed by atoms with Gasteiger partial charge in [0, 0.05) is 36.8 Å². The number of amides is 1. The Bertz CT molecular complexity index is 1060. The smallest absolute Gasteiger partial charge is 0.251 e. The number of pyridine rings is 1. The van der Waals surface area contributed by atoms with Gasteiger partial charge in [0.1, 0.15) is 11.4 Å². The first-order chi connectivity index (χ1) is 14.1. The van der Waals surface area contributed by atoms with Crippen molar-refractivity contribution in [2.45, 2.75) is 18.8 Å². The summed E-state index contributed by atoms with van der Waals surface area (Å²) in [4.78, 5) is 38.4. The number of carbonyl (C=O) groups is 1. The highest BCUT2D eigenvalue weighted by Crippen LogP contribution is 2.27. The molecule has 0 saturated carbocycles. The normalized spacial score (nSPS) is 16.0. The fourth-order valence-corrected chi connectivity index (χ4v) is 3.66. The highest BCUT2D eigenvalue weighted by atomic mass is 16.5. The molecule has 7 nitrogen and oxygen atoms in total. The van der Waals surface area contributed by atoms with Crippen molar-refractivity contribution in [3.8, 4) is 17.3 Å². The summed E-state index contributed by atoms with van der Waals surface area (Å²) in [5, 5.41) is 0. The number of hydrogen-bond acceptors (Lipinski definition) is 5. The van der Waals surface area contributed by atoms with Crippen LogP contribution in [0.4, 0.5) is 0 Å². The summed E-state index contributed by atoms with van der Waals surface area (Å²) in [6.45, 7) is 1.19. The molecule has 1 amide bonds. The summed E-state index contributed by atoms with van der Waals surface area (Å²) in [7, 11) is 1.60. The van der Waals surface area contributed by atoms with Gasteiger partial charge in [-0.1, -0.05) is 24.3 Å². The first-order valence-electron chi connectivity index (χ1n) is 9.56. The van der Waals surface area contributed by atoms with E-state index in [1.165, 1.54) is 6.07 Å². The molecular formula is C22H22N4O3. The second-order valence-electron chi connectivity index (χ2n) is 7.05. The zero-order valence-corrected chi connectivity index (χ0v) is 16.2.